The Morgan fingerprint density at radius 2 is 1.50 bits per heavy atom. The maximum atomic E-state index is 4.67. The Balaban J connectivity index is 2.23. The number of aromatic nitrogens is 1. The Hall–Kier alpha value is -1.61. The van der Waals surface area contributed by atoms with Gasteiger partial charge in [0.25, 0.3) is 0 Å². The van der Waals surface area contributed by atoms with Crippen molar-refractivity contribution in [3.05, 3.63) is 59.8 Å². The van der Waals surface area contributed by atoms with Gasteiger partial charge in [0.05, 0.1) is 0 Å². The number of nitrogens with zero attached hydrogens (tertiary/aromatic N) is 1. The summed E-state index contributed by atoms with van der Waals surface area (Å²) in [6.45, 7) is 4.29. The summed E-state index contributed by atoms with van der Waals surface area (Å²) in [7, 11) is 0. The van der Waals surface area contributed by atoms with E-state index in [1.165, 1.54) is 27.5 Å². The average Bonchev–Trinajstić information content (AvgIpc) is 2.44. The number of pyridine rings is 1. The van der Waals surface area contributed by atoms with E-state index in [4.69, 9.17) is 0 Å². The van der Waals surface area contributed by atoms with Gasteiger partial charge in [-0.15, -0.1) is 0 Å². The van der Waals surface area contributed by atoms with Crippen molar-refractivity contribution in [2.45, 2.75) is 31.1 Å². The molecule has 0 amide bonds. The number of hydrogen-bond acceptors (Lipinski definition) is 1. The van der Waals surface area contributed by atoms with Crippen molar-refractivity contribution in [1.82, 2.24) is 4.98 Å². The van der Waals surface area contributed by atoms with E-state index < -0.39 is 13.3 Å². The van der Waals surface area contributed by atoms with Gasteiger partial charge in [-0.25, -0.2) is 0 Å². The van der Waals surface area contributed by atoms with Crippen LogP contribution in [-0.4, -0.2) is 18.3 Å². The molecule has 0 bridgehead atoms. The van der Waals surface area contributed by atoms with Crippen molar-refractivity contribution in [3.8, 4) is 11.3 Å². The third-order valence-electron chi connectivity index (χ3n) is 4.13. The summed E-state index contributed by atoms with van der Waals surface area (Å²) in [6, 6.07) is 15.8. The van der Waals surface area contributed by atoms with Gasteiger partial charge in [-0.2, -0.15) is 0 Å². The molecule has 0 atom stereocenters. The fourth-order valence-corrected chi connectivity index (χ4v) is 5.44. The van der Waals surface area contributed by atoms with Crippen LogP contribution in [0.3, 0.4) is 0 Å². The topological polar surface area (TPSA) is 12.9 Å². The van der Waals surface area contributed by atoms with Crippen LogP contribution in [0.1, 0.15) is 11.1 Å². The zero-order chi connectivity index (χ0) is 15.9. The van der Waals surface area contributed by atoms with E-state index in [2.05, 4.69) is 78.6 Å². The van der Waals surface area contributed by atoms with Gasteiger partial charge in [0.1, 0.15) is 0 Å². The molecule has 1 aromatic heterocycles. The molecule has 0 saturated heterocycles. The second-order valence-electron chi connectivity index (χ2n) is 7.22. The first-order valence-electron chi connectivity index (χ1n) is 7.82. The van der Waals surface area contributed by atoms with E-state index in [1.807, 2.05) is 6.20 Å². The number of rotatable bonds is 2. The van der Waals surface area contributed by atoms with Crippen LogP contribution >= 0.6 is 0 Å². The Labute approximate surface area is 135 Å². The fourth-order valence-electron chi connectivity index (χ4n) is 2.99. The third-order valence-corrected chi connectivity index (χ3v) is 8.41. The Kier molecular flexibility index (Phi) is 3.86. The van der Waals surface area contributed by atoms with E-state index in [9.17, 15) is 0 Å². The fraction of sp³-hybridized carbons (Fsp3) is 0.250. The van der Waals surface area contributed by atoms with Crippen LogP contribution in [-0.2, 0) is 0 Å². The first kappa shape index (κ1) is 15.3. The van der Waals surface area contributed by atoms with E-state index in [0.29, 0.717) is 0 Å². The molecule has 0 aliphatic rings. The van der Waals surface area contributed by atoms with Gasteiger partial charge in [0, 0.05) is 0 Å². The van der Waals surface area contributed by atoms with Gasteiger partial charge in [-0.3, -0.25) is 0 Å². The minimum absolute atomic E-state index is 1.09. The van der Waals surface area contributed by atoms with Crippen molar-refractivity contribution in [3.63, 3.8) is 0 Å². The van der Waals surface area contributed by atoms with Crippen molar-refractivity contribution in [2.24, 2.45) is 0 Å². The normalized spacial score (nSPS) is 11.9. The van der Waals surface area contributed by atoms with Gasteiger partial charge in [-0.1, -0.05) is 0 Å². The number of hydrogen-bond donors (Lipinski definition) is 0. The van der Waals surface area contributed by atoms with Crippen LogP contribution in [0.4, 0.5) is 0 Å². The van der Waals surface area contributed by atoms with E-state index >= 15 is 0 Å². The minimum atomic E-state index is -1.79. The summed E-state index contributed by atoms with van der Waals surface area (Å²) in [6.07, 6.45) is 1.94. The van der Waals surface area contributed by atoms with Crippen LogP contribution in [0.2, 0.25) is 17.3 Å². The molecule has 1 nitrogen and oxygen atoms in total. The predicted octanol–water partition coefficient (Wildman–Crippen LogP) is 5.06. The molecule has 0 unspecified atom stereocenters. The number of fused-ring (bicyclic) bond motifs is 1. The quantitative estimate of drug-likeness (QED) is 0.589. The predicted molar refractivity (Wildman–Crippen MR) is 99.6 cm³/mol. The zero-order valence-electron chi connectivity index (χ0n) is 14.1. The second kappa shape index (κ2) is 5.55. The molecule has 0 spiro atoms. The number of benzene rings is 2. The molecule has 0 N–H and O–H groups in total. The van der Waals surface area contributed by atoms with Crippen molar-refractivity contribution in [1.29, 1.82) is 0 Å². The first-order chi connectivity index (χ1) is 10.3. The molecule has 112 valence electrons. The van der Waals surface area contributed by atoms with Gasteiger partial charge in [0.2, 0.25) is 0 Å². The summed E-state index contributed by atoms with van der Waals surface area (Å²) < 4.78 is 1.55. The maximum absolute atomic E-state index is 4.67. The van der Waals surface area contributed by atoms with Crippen molar-refractivity contribution < 1.29 is 0 Å². The summed E-state index contributed by atoms with van der Waals surface area (Å²) in [4.78, 5) is 4.67. The molecule has 2 heteroatoms. The van der Waals surface area contributed by atoms with Gasteiger partial charge in [0.15, 0.2) is 0 Å². The van der Waals surface area contributed by atoms with E-state index in [1.54, 1.807) is 4.40 Å². The summed E-state index contributed by atoms with van der Waals surface area (Å²) in [5.74, 6) is 7.31. The van der Waals surface area contributed by atoms with Crippen molar-refractivity contribution >= 4 is 28.4 Å². The summed E-state index contributed by atoms with van der Waals surface area (Å²) in [5.41, 5.74) is 4.88. The molecular weight excluding hydrogens is 327 g/mol. The molecule has 0 saturated carbocycles. The van der Waals surface area contributed by atoms with Crippen LogP contribution in [0.15, 0.2) is 48.7 Å². The standard InChI is InChI=1S/C20H23GeN/c1-14-10-15(2)12-17(11-14)20-19-7-6-18(21(3,4)5)13-16(19)8-9-22-20/h6-13H,1-5H3. The van der Waals surface area contributed by atoms with Crippen LogP contribution in [0.5, 0.6) is 0 Å². The molecule has 3 rings (SSSR count). The van der Waals surface area contributed by atoms with E-state index in [-0.39, 0.29) is 0 Å². The third kappa shape index (κ3) is 2.95. The van der Waals surface area contributed by atoms with Crippen LogP contribution < -0.4 is 4.40 Å². The molecule has 3 aromatic rings. The monoisotopic (exact) mass is 351 g/mol. The zero-order valence-corrected chi connectivity index (χ0v) is 16.2. The first-order valence-corrected chi connectivity index (χ1v) is 15.2. The molecular formula is C20H23GeN. The Bertz CT molecular complexity index is 824. The molecule has 1 heterocycles. The molecule has 0 aliphatic heterocycles. The SMILES string of the molecule is Cc1cc(C)cc(-c2nccc3c[c]([Ge]([CH3])([CH3])[CH3])ccc23)c1. The van der Waals surface area contributed by atoms with E-state index in [0.717, 1.165) is 5.69 Å². The van der Waals surface area contributed by atoms with Crippen LogP contribution in [0, 0.1) is 13.8 Å². The van der Waals surface area contributed by atoms with Crippen LogP contribution in [0.25, 0.3) is 22.0 Å². The molecule has 0 radical (unpaired) electrons. The second-order valence-corrected chi connectivity index (χ2v) is 17.9. The average molecular weight is 350 g/mol. The van der Waals surface area contributed by atoms with Gasteiger partial charge >= 0.3 is 136 Å². The molecule has 2 aromatic carbocycles. The van der Waals surface area contributed by atoms with Gasteiger partial charge < -0.3 is 0 Å². The molecule has 0 fully saturated rings. The molecule has 22 heavy (non-hydrogen) atoms. The summed E-state index contributed by atoms with van der Waals surface area (Å²) in [5, 5.41) is 2.56. The summed E-state index contributed by atoms with van der Waals surface area (Å²) >= 11 is -1.79. The molecule has 0 aliphatic carbocycles. The Morgan fingerprint density at radius 3 is 2.14 bits per heavy atom. The van der Waals surface area contributed by atoms with Gasteiger partial charge in [-0.05, 0) is 0 Å². The number of aryl methyl sites for hydroxylation is 2. The van der Waals surface area contributed by atoms with Crippen molar-refractivity contribution in [2.75, 3.05) is 0 Å². The Morgan fingerprint density at radius 1 is 0.818 bits per heavy atom.